The number of hydrogen-bond donors (Lipinski definition) is 0. The molecular weight excluding hydrogens is 326 g/mol. The van der Waals surface area contributed by atoms with E-state index >= 15 is 0 Å². The van der Waals surface area contributed by atoms with Crippen LogP contribution in [0.2, 0.25) is 0 Å². The van der Waals surface area contributed by atoms with E-state index in [0.717, 1.165) is 12.8 Å². The Bertz CT molecular complexity index is 280. The Morgan fingerprint density at radius 2 is 1.53 bits per heavy atom. The van der Waals surface area contributed by atoms with E-state index < -0.39 is 0 Å². The van der Waals surface area contributed by atoms with E-state index in [0.29, 0.717) is 16.2 Å². The van der Waals surface area contributed by atoms with E-state index in [9.17, 15) is 9.59 Å². The summed E-state index contributed by atoms with van der Waals surface area (Å²) < 4.78 is 0. The number of carbonyl (C=O) groups is 2. The largest absolute Gasteiger partial charge is 0.282 e. The lowest BCUT2D eigenvalue weighted by Gasteiger charge is -2.29. The summed E-state index contributed by atoms with van der Waals surface area (Å²) in [5.74, 6) is -0.126. The maximum absolute atomic E-state index is 11.9. The second kappa shape index (κ2) is 4.17. The topological polar surface area (TPSA) is 37.4 Å². The van der Waals surface area contributed by atoms with Crippen LogP contribution >= 0.6 is 31.9 Å². The maximum Gasteiger partial charge on any atom is 0.233 e. The van der Waals surface area contributed by atoms with Crippen molar-refractivity contribution < 1.29 is 9.59 Å². The van der Waals surface area contributed by atoms with Crippen molar-refractivity contribution in [2.45, 2.75) is 29.4 Å². The quantitative estimate of drug-likeness (QED) is 0.541. The third kappa shape index (κ3) is 1.78. The molecule has 0 aromatic heterocycles. The number of fused-ring (bicyclic) bond motifs is 1. The Morgan fingerprint density at radius 1 is 1.13 bits per heavy atom. The summed E-state index contributed by atoms with van der Waals surface area (Å²) in [6.45, 7) is 2.36. The average molecular weight is 339 g/mol. The van der Waals surface area contributed by atoms with Crippen LogP contribution in [0.15, 0.2) is 0 Å². The third-order valence-electron chi connectivity index (χ3n) is 3.32. The zero-order chi connectivity index (χ0) is 11.2. The summed E-state index contributed by atoms with van der Waals surface area (Å²) in [7, 11) is 0. The molecule has 1 aliphatic heterocycles. The molecule has 2 amide bonds. The van der Waals surface area contributed by atoms with Crippen LogP contribution in [0.1, 0.15) is 19.8 Å². The average Bonchev–Trinajstić information content (AvgIpc) is 2.42. The van der Waals surface area contributed by atoms with Crippen molar-refractivity contribution in [3.63, 3.8) is 0 Å². The maximum atomic E-state index is 11.9. The molecule has 1 heterocycles. The first kappa shape index (κ1) is 11.6. The third-order valence-corrected chi connectivity index (χ3v) is 6.05. The predicted molar refractivity (Wildman–Crippen MR) is 64.0 cm³/mol. The SMILES string of the molecule is CCN1C(=O)C2C[C@H](Br)[C@@H](Br)CC2C1=O. The molecule has 5 heteroatoms. The van der Waals surface area contributed by atoms with Gasteiger partial charge in [-0.15, -0.1) is 0 Å². The van der Waals surface area contributed by atoms with Crippen LogP contribution in [0.4, 0.5) is 0 Å². The van der Waals surface area contributed by atoms with Crippen molar-refractivity contribution in [3.05, 3.63) is 0 Å². The van der Waals surface area contributed by atoms with Gasteiger partial charge in [0.2, 0.25) is 11.8 Å². The predicted octanol–water partition coefficient (Wildman–Crippen LogP) is 1.93. The van der Waals surface area contributed by atoms with Gasteiger partial charge in [-0.05, 0) is 19.8 Å². The fourth-order valence-electron chi connectivity index (χ4n) is 2.48. The molecule has 2 aliphatic rings. The van der Waals surface area contributed by atoms with Crippen molar-refractivity contribution in [2.24, 2.45) is 11.8 Å². The first-order valence-corrected chi connectivity index (χ1v) is 7.02. The normalized spacial score (nSPS) is 40.9. The van der Waals surface area contributed by atoms with Gasteiger partial charge in [-0.3, -0.25) is 14.5 Å². The van der Waals surface area contributed by atoms with Crippen LogP contribution in [0.5, 0.6) is 0 Å². The molecule has 2 fully saturated rings. The highest BCUT2D eigenvalue weighted by molar-refractivity contribution is 9.12. The number of nitrogens with zero attached hydrogens (tertiary/aromatic N) is 1. The summed E-state index contributed by atoms with van der Waals surface area (Å²) >= 11 is 7.10. The van der Waals surface area contributed by atoms with Crippen molar-refractivity contribution in [1.29, 1.82) is 0 Å². The standard InChI is InChI=1S/C10H13Br2NO2/c1-2-13-9(14)5-3-7(11)8(12)4-6(5)10(13)15/h5-8H,2-4H2,1H3/t5?,6?,7-,8-/m0/s1. The van der Waals surface area contributed by atoms with Gasteiger partial charge in [-0.2, -0.15) is 0 Å². The van der Waals surface area contributed by atoms with E-state index in [1.165, 1.54) is 4.90 Å². The Morgan fingerprint density at radius 3 is 1.87 bits per heavy atom. The molecule has 0 aromatic carbocycles. The van der Waals surface area contributed by atoms with E-state index in [-0.39, 0.29) is 23.7 Å². The van der Waals surface area contributed by atoms with E-state index in [4.69, 9.17) is 0 Å². The lowest BCUT2D eigenvalue weighted by Crippen LogP contribution is -2.34. The molecule has 0 bridgehead atoms. The highest BCUT2D eigenvalue weighted by atomic mass is 79.9. The number of amides is 2. The van der Waals surface area contributed by atoms with Crippen LogP contribution in [0.3, 0.4) is 0 Å². The van der Waals surface area contributed by atoms with Gasteiger partial charge in [0.1, 0.15) is 0 Å². The number of rotatable bonds is 1. The Hall–Kier alpha value is 0.1000. The van der Waals surface area contributed by atoms with Crippen LogP contribution in [-0.2, 0) is 9.59 Å². The molecule has 1 saturated heterocycles. The number of likely N-dealkylation sites (tertiary alicyclic amines) is 1. The monoisotopic (exact) mass is 337 g/mol. The van der Waals surface area contributed by atoms with Gasteiger partial charge in [0.15, 0.2) is 0 Å². The number of hydrogen-bond acceptors (Lipinski definition) is 2. The first-order valence-electron chi connectivity index (χ1n) is 5.19. The van der Waals surface area contributed by atoms with Gasteiger partial charge in [-0.25, -0.2) is 0 Å². The second-order valence-corrected chi connectivity index (χ2v) is 6.49. The number of carbonyl (C=O) groups excluding carboxylic acids is 2. The highest BCUT2D eigenvalue weighted by Crippen LogP contribution is 2.42. The molecular formula is C10H13Br2NO2. The second-order valence-electron chi connectivity index (χ2n) is 4.14. The molecule has 0 spiro atoms. The molecule has 84 valence electrons. The highest BCUT2D eigenvalue weighted by Gasteiger charge is 2.51. The summed E-state index contributed by atoms with van der Waals surface area (Å²) in [5.41, 5.74) is 0. The Labute approximate surface area is 106 Å². The summed E-state index contributed by atoms with van der Waals surface area (Å²) in [5, 5.41) is 0. The zero-order valence-corrected chi connectivity index (χ0v) is 11.6. The number of alkyl halides is 2. The van der Waals surface area contributed by atoms with Gasteiger partial charge in [0.05, 0.1) is 11.8 Å². The minimum absolute atomic E-state index is 0.0244. The molecule has 15 heavy (non-hydrogen) atoms. The Kier molecular flexibility index (Phi) is 3.22. The van der Waals surface area contributed by atoms with Crippen LogP contribution < -0.4 is 0 Å². The van der Waals surface area contributed by atoms with E-state index in [1.807, 2.05) is 6.92 Å². The molecule has 4 atom stereocenters. The first-order chi connectivity index (χ1) is 7.06. The molecule has 0 radical (unpaired) electrons. The minimum Gasteiger partial charge on any atom is -0.282 e. The van der Waals surface area contributed by atoms with Crippen molar-refractivity contribution >= 4 is 43.7 Å². The van der Waals surface area contributed by atoms with Crippen LogP contribution in [-0.4, -0.2) is 32.9 Å². The van der Waals surface area contributed by atoms with Crippen LogP contribution in [0, 0.1) is 11.8 Å². The molecule has 3 nitrogen and oxygen atoms in total. The van der Waals surface area contributed by atoms with Gasteiger partial charge >= 0.3 is 0 Å². The fraction of sp³-hybridized carbons (Fsp3) is 0.800. The lowest BCUT2D eigenvalue weighted by molar-refractivity contribution is -0.139. The smallest absolute Gasteiger partial charge is 0.233 e. The Balaban J connectivity index is 2.23. The summed E-state index contributed by atoms with van der Waals surface area (Å²) in [6, 6.07) is 0. The van der Waals surface area contributed by atoms with Gasteiger partial charge in [0, 0.05) is 16.2 Å². The van der Waals surface area contributed by atoms with Crippen molar-refractivity contribution in [1.82, 2.24) is 4.90 Å². The van der Waals surface area contributed by atoms with E-state index in [2.05, 4.69) is 31.9 Å². The van der Waals surface area contributed by atoms with Gasteiger partial charge in [0.25, 0.3) is 0 Å². The van der Waals surface area contributed by atoms with Gasteiger partial charge < -0.3 is 0 Å². The van der Waals surface area contributed by atoms with Crippen LogP contribution in [0.25, 0.3) is 0 Å². The van der Waals surface area contributed by atoms with Crippen molar-refractivity contribution in [3.8, 4) is 0 Å². The van der Waals surface area contributed by atoms with Crippen molar-refractivity contribution in [2.75, 3.05) is 6.54 Å². The molecule has 1 aliphatic carbocycles. The molecule has 2 rings (SSSR count). The molecule has 2 unspecified atom stereocenters. The molecule has 0 aromatic rings. The summed E-state index contributed by atoms with van der Waals surface area (Å²) in [6.07, 6.45) is 1.53. The fourth-order valence-corrected chi connectivity index (χ4v) is 3.71. The zero-order valence-electron chi connectivity index (χ0n) is 8.45. The number of halogens is 2. The summed E-state index contributed by atoms with van der Waals surface area (Å²) in [4.78, 5) is 25.8. The van der Waals surface area contributed by atoms with E-state index in [1.54, 1.807) is 0 Å². The molecule has 0 N–H and O–H groups in total. The minimum atomic E-state index is -0.0874. The number of imide groups is 1. The molecule has 1 saturated carbocycles. The van der Waals surface area contributed by atoms with Gasteiger partial charge in [-0.1, -0.05) is 31.9 Å². The lowest BCUT2D eigenvalue weighted by atomic mass is 9.81.